The fraction of sp³-hybridized carbons (Fsp3) is 0.318. The van der Waals surface area contributed by atoms with Gasteiger partial charge in [-0.15, -0.1) is 0 Å². The van der Waals surface area contributed by atoms with Crippen LogP contribution in [0.15, 0.2) is 53.4 Å². The van der Waals surface area contributed by atoms with Crippen molar-refractivity contribution < 1.29 is 8.42 Å². The molecule has 3 aromatic rings. The number of hydrogen-bond donors (Lipinski definition) is 0. The summed E-state index contributed by atoms with van der Waals surface area (Å²) < 4.78 is 28.1. The Bertz CT molecular complexity index is 1110. The third-order valence-electron chi connectivity index (χ3n) is 5.35. The van der Waals surface area contributed by atoms with Crippen LogP contribution in [-0.2, 0) is 10.0 Å². The van der Waals surface area contributed by atoms with Crippen LogP contribution in [0.4, 0.5) is 5.82 Å². The largest absolute Gasteiger partial charge is 0.354 e. The van der Waals surface area contributed by atoms with Crippen LogP contribution >= 0.6 is 0 Å². The summed E-state index contributed by atoms with van der Waals surface area (Å²) in [5.41, 5.74) is 3.68. The number of benzene rings is 2. The Morgan fingerprint density at radius 1 is 0.857 bits per heavy atom. The summed E-state index contributed by atoms with van der Waals surface area (Å²) in [6.45, 7) is 7.94. The normalized spacial score (nSPS) is 15.9. The maximum absolute atomic E-state index is 13.2. The molecule has 1 fully saturated rings. The molecule has 0 N–H and O–H groups in total. The topological polar surface area (TPSA) is 53.5 Å². The van der Waals surface area contributed by atoms with Crippen LogP contribution in [0.5, 0.6) is 0 Å². The SMILES string of the molecule is Cc1cc(C)c(S(=O)(=O)N2CCN(c3ccc4ccccc4n3)CC2)c(C)c1. The second-order valence-electron chi connectivity index (χ2n) is 7.48. The number of piperazine rings is 1. The van der Waals surface area contributed by atoms with E-state index in [4.69, 9.17) is 4.98 Å². The first kappa shape index (κ1) is 18.9. The molecule has 1 aromatic heterocycles. The lowest BCUT2D eigenvalue weighted by molar-refractivity contribution is 0.383. The Balaban J connectivity index is 1.55. The van der Waals surface area contributed by atoms with Crippen LogP contribution in [0.2, 0.25) is 0 Å². The molecule has 0 amide bonds. The Hall–Kier alpha value is -2.44. The van der Waals surface area contributed by atoms with Gasteiger partial charge < -0.3 is 4.90 Å². The summed E-state index contributed by atoms with van der Waals surface area (Å²) in [4.78, 5) is 7.35. The third kappa shape index (κ3) is 3.38. The average Bonchev–Trinajstić information content (AvgIpc) is 2.66. The van der Waals surface area contributed by atoms with Crippen molar-refractivity contribution in [2.75, 3.05) is 31.1 Å². The van der Waals surface area contributed by atoms with Gasteiger partial charge in [0.2, 0.25) is 10.0 Å². The van der Waals surface area contributed by atoms with E-state index in [9.17, 15) is 8.42 Å². The van der Waals surface area contributed by atoms with Gasteiger partial charge in [-0.25, -0.2) is 13.4 Å². The molecule has 1 aliphatic heterocycles. The lowest BCUT2D eigenvalue weighted by atomic mass is 10.1. The van der Waals surface area contributed by atoms with Gasteiger partial charge in [-0.1, -0.05) is 35.9 Å². The van der Waals surface area contributed by atoms with E-state index in [1.807, 2.05) is 63.2 Å². The van der Waals surface area contributed by atoms with Crippen LogP contribution < -0.4 is 4.90 Å². The highest BCUT2D eigenvalue weighted by Gasteiger charge is 2.31. The summed E-state index contributed by atoms with van der Waals surface area (Å²) in [5.74, 6) is 0.901. The molecule has 0 unspecified atom stereocenters. The van der Waals surface area contributed by atoms with Crippen molar-refractivity contribution in [1.82, 2.24) is 9.29 Å². The highest BCUT2D eigenvalue weighted by Crippen LogP contribution is 2.27. The summed E-state index contributed by atoms with van der Waals surface area (Å²) in [6.07, 6.45) is 0. The number of aryl methyl sites for hydroxylation is 3. The molecule has 0 radical (unpaired) electrons. The molecular weight excluding hydrogens is 370 g/mol. The highest BCUT2D eigenvalue weighted by molar-refractivity contribution is 7.89. The molecule has 1 saturated heterocycles. The standard InChI is InChI=1S/C22H25N3O2S/c1-16-14-17(2)22(18(3)15-16)28(26,27)25-12-10-24(11-13-25)21-9-8-19-6-4-5-7-20(19)23-21/h4-9,14-15H,10-13H2,1-3H3. The highest BCUT2D eigenvalue weighted by atomic mass is 32.2. The fourth-order valence-corrected chi connectivity index (χ4v) is 5.93. The van der Waals surface area contributed by atoms with Crippen molar-refractivity contribution >= 4 is 26.7 Å². The summed E-state index contributed by atoms with van der Waals surface area (Å²) in [6, 6.07) is 16.0. The van der Waals surface area contributed by atoms with Gasteiger partial charge in [-0.3, -0.25) is 0 Å². The minimum atomic E-state index is -3.49. The smallest absolute Gasteiger partial charge is 0.243 e. The minimum Gasteiger partial charge on any atom is -0.354 e. The number of para-hydroxylation sites is 1. The number of hydrogen-bond acceptors (Lipinski definition) is 4. The molecule has 5 nitrogen and oxygen atoms in total. The van der Waals surface area contributed by atoms with E-state index in [1.54, 1.807) is 4.31 Å². The first-order chi connectivity index (χ1) is 13.4. The van der Waals surface area contributed by atoms with Gasteiger partial charge in [0.1, 0.15) is 5.82 Å². The monoisotopic (exact) mass is 395 g/mol. The zero-order chi connectivity index (χ0) is 19.9. The molecule has 146 valence electrons. The third-order valence-corrected chi connectivity index (χ3v) is 7.55. The lowest BCUT2D eigenvalue weighted by Crippen LogP contribution is -2.49. The molecule has 0 spiro atoms. The van der Waals surface area contributed by atoms with E-state index in [0.717, 1.165) is 33.4 Å². The zero-order valence-electron chi connectivity index (χ0n) is 16.5. The molecular formula is C22H25N3O2S. The molecule has 6 heteroatoms. The molecule has 28 heavy (non-hydrogen) atoms. The number of rotatable bonds is 3. The van der Waals surface area contributed by atoms with Crippen LogP contribution in [0.25, 0.3) is 10.9 Å². The molecule has 2 aromatic carbocycles. The van der Waals surface area contributed by atoms with Gasteiger partial charge in [0, 0.05) is 31.6 Å². The predicted octanol–water partition coefficient (Wildman–Crippen LogP) is 3.67. The molecule has 0 bridgehead atoms. The number of aromatic nitrogens is 1. The van der Waals surface area contributed by atoms with Crippen LogP contribution in [0, 0.1) is 20.8 Å². The fourth-order valence-electron chi connectivity index (χ4n) is 4.09. The van der Waals surface area contributed by atoms with Crippen molar-refractivity contribution in [3.8, 4) is 0 Å². The van der Waals surface area contributed by atoms with E-state index in [1.165, 1.54) is 0 Å². The van der Waals surface area contributed by atoms with Gasteiger partial charge >= 0.3 is 0 Å². The Kier molecular flexibility index (Phi) is 4.85. The number of pyridine rings is 1. The first-order valence-electron chi connectivity index (χ1n) is 9.55. The Morgan fingerprint density at radius 3 is 2.18 bits per heavy atom. The van der Waals surface area contributed by atoms with Gasteiger partial charge in [-0.05, 0) is 50.1 Å². The Labute approximate surface area is 166 Å². The van der Waals surface area contributed by atoms with Crippen molar-refractivity contribution in [2.24, 2.45) is 0 Å². The van der Waals surface area contributed by atoms with Crippen molar-refractivity contribution in [2.45, 2.75) is 25.7 Å². The summed E-state index contributed by atoms with van der Waals surface area (Å²) in [5, 5.41) is 1.11. The van der Waals surface area contributed by atoms with Crippen molar-refractivity contribution in [3.63, 3.8) is 0 Å². The maximum Gasteiger partial charge on any atom is 0.243 e. The molecule has 0 atom stereocenters. The minimum absolute atomic E-state index is 0.454. The quantitative estimate of drug-likeness (QED) is 0.679. The Morgan fingerprint density at radius 2 is 1.50 bits per heavy atom. The number of sulfonamides is 1. The molecule has 0 aliphatic carbocycles. The van der Waals surface area contributed by atoms with E-state index < -0.39 is 10.0 Å². The number of anilines is 1. The summed E-state index contributed by atoms with van der Waals surface area (Å²) in [7, 11) is -3.49. The van der Waals surface area contributed by atoms with Crippen LogP contribution in [0.3, 0.4) is 0 Å². The molecule has 0 saturated carbocycles. The predicted molar refractivity (Wildman–Crippen MR) is 113 cm³/mol. The van der Waals surface area contributed by atoms with E-state index >= 15 is 0 Å². The number of nitrogens with zero attached hydrogens (tertiary/aromatic N) is 3. The van der Waals surface area contributed by atoms with Crippen molar-refractivity contribution in [1.29, 1.82) is 0 Å². The second-order valence-corrected chi connectivity index (χ2v) is 9.36. The molecule has 2 heterocycles. The van der Waals surface area contributed by atoms with Gasteiger partial charge in [-0.2, -0.15) is 4.31 Å². The first-order valence-corrected chi connectivity index (χ1v) is 11.0. The van der Waals surface area contributed by atoms with E-state index in [2.05, 4.69) is 11.0 Å². The zero-order valence-corrected chi connectivity index (χ0v) is 17.3. The molecule has 1 aliphatic rings. The van der Waals surface area contributed by atoms with Gasteiger partial charge in [0.05, 0.1) is 10.4 Å². The number of fused-ring (bicyclic) bond motifs is 1. The van der Waals surface area contributed by atoms with E-state index in [-0.39, 0.29) is 0 Å². The van der Waals surface area contributed by atoms with Crippen LogP contribution in [-0.4, -0.2) is 43.9 Å². The molecule has 4 rings (SSSR count). The van der Waals surface area contributed by atoms with Crippen LogP contribution in [0.1, 0.15) is 16.7 Å². The maximum atomic E-state index is 13.2. The van der Waals surface area contributed by atoms with Gasteiger partial charge in [0.15, 0.2) is 0 Å². The van der Waals surface area contributed by atoms with Gasteiger partial charge in [0.25, 0.3) is 0 Å². The summed E-state index contributed by atoms with van der Waals surface area (Å²) >= 11 is 0. The second kappa shape index (κ2) is 7.18. The van der Waals surface area contributed by atoms with E-state index in [0.29, 0.717) is 31.1 Å². The average molecular weight is 396 g/mol. The lowest BCUT2D eigenvalue weighted by Gasteiger charge is -2.35. The van der Waals surface area contributed by atoms with Crippen molar-refractivity contribution in [3.05, 3.63) is 65.2 Å².